The highest BCUT2D eigenvalue weighted by Gasteiger charge is 2.05. The van der Waals surface area contributed by atoms with Gasteiger partial charge >= 0.3 is 0 Å². The van der Waals surface area contributed by atoms with Crippen molar-refractivity contribution in [2.75, 3.05) is 13.6 Å². The zero-order valence-corrected chi connectivity index (χ0v) is 8.32. The van der Waals surface area contributed by atoms with Crippen molar-refractivity contribution in [1.29, 1.82) is 0 Å². The fraction of sp³-hybridized carbons (Fsp3) is 0.556. The van der Waals surface area contributed by atoms with Gasteiger partial charge in [0.25, 0.3) is 0 Å². The van der Waals surface area contributed by atoms with Crippen LogP contribution in [-0.4, -0.2) is 33.8 Å². The third-order valence-corrected chi connectivity index (χ3v) is 1.82. The van der Waals surface area contributed by atoms with Crippen molar-refractivity contribution in [1.82, 2.24) is 14.5 Å². The Labute approximate surface area is 78.2 Å². The molecule has 1 aromatic heterocycles. The maximum absolute atomic E-state index is 10.8. The molecule has 0 amide bonds. The van der Waals surface area contributed by atoms with Crippen LogP contribution in [0.15, 0.2) is 12.4 Å². The summed E-state index contributed by atoms with van der Waals surface area (Å²) in [6.07, 6.45) is 3.66. The number of hydrogen-bond donors (Lipinski definition) is 0. The Kier molecular flexibility index (Phi) is 3.19. The predicted molar refractivity (Wildman–Crippen MR) is 50.2 cm³/mol. The number of carbonyl (C=O) groups is 1. The Balaban J connectivity index is 2.49. The van der Waals surface area contributed by atoms with E-state index in [-0.39, 0.29) is 5.78 Å². The van der Waals surface area contributed by atoms with E-state index in [2.05, 4.69) is 4.98 Å². The lowest BCUT2D eigenvalue weighted by Gasteiger charge is -2.13. The van der Waals surface area contributed by atoms with E-state index in [1.165, 1.54) is 0 Å². The average molecular weight is 181 g/mol. The number of ketones is 1. The van der Waals surface area contributed by atoms with Crippen LogP contribution in [0.4, 0.5) is 0 Å². The SMILES string of the molecule is CC(=O)CN(C)Cc1nccn1C. The van der Waals surface area contributed by atoms with E-state index in [9.17, 15) is 4.79 Å². The third kappa shape index (κ3) is 2.99. The Morgan fingerprint density at radius 3 is 2.85 bits per heavy atom. The number of imidazole rings is 1. The summed E-state index contributed by atoms with van der Waals surface area (Å²) >= 11 is 0. The van der Waals surface area contributed by atoms with Crippen LogP contribution in [0.3, 0.4) is 0 Å². The van der Waals surface area contributed by atoms with Gasteiger partial charge in [-0.05, 0) is 14.0 Å². The maximum Gasteiger partial charge on any atom is 0.143 e. The van der Waals surface area contributed by atoms with Gasteiger partial charge in [-0.25, -0.2) is 4.98 Å². The van der Waals surface area contributed by atoms with Gasteiger partial charge in [0.15, 0.2) is 0 Å². The Hall–Kier alpha value is -1.16. The molecule has 4 nitrogen and oxygen atoms in total. The van der Waals surface area contributed by atoms with Gasteiger partial charge in [-0.2, -0.15) is 0 Å². The predicted octanol–water partition coefficient (Wildman–Crippen LogP) is 0.441. The molecule has 1 heterocycles. The molecule has 1 aromatic rings. The molecule has 72 valence electrons. The molecule has 0 saturated heterocycles. The molecule has 0 N–H and O–H groups in total. The lowest BCUT2D eigenvalue weighted by molar-refractivity contribution is -0.117. The fourth-order valence-corrected chi connectivity index (χ4v) is 1.23. The lowest BCUT2D eigenvalue weighted by atomic mass is 10.4. The summed E-state index contributed by atoms with van der Waals surface area (Å²) in [5, 5.41) is 0. The zero-order chi connectivity index (χ0) is 9.84. The number of aryl methyl sites for hydroxylation is 1. The van der Waals surface area contributed by atoms with Crippen LogP contribution in [0.1, 0.15) is 12.7 Å². The van der Waals surface area contributed by atoms with E-state index < -0.39 is 0 Å². The topological polar surface area (TPSA) is 38.1 Å². The minimum absolute atomic E-state index is 0.178. The molecule has 0 bridgehead atoms. The van der Waals surface area contributed by atoms with Crippen LogP contribution in [0.5, 0.6) is 0 Å². The fourth-order valence-electron chi connectivity index (χ4n) is 1.23. The molecule has 0 atom stereocenters. The molecule has 0 radical (unpaired) electrons. The van der Waals surface area contributed by atoms with Crippen LogP contribution in [0.2, 0.25) is 0 Å². The van der Waals surface area contributed by atoms with Crippen LogP contribution in [0.25, 0.3) is 0 Å². The molecule has 4 heteroatoms. The van der Waals surface area contributed by atoms with Crippen LogP contribution in [-0.2, 0) is 18.4 Å². The van der Waals surface area contributed by atoms with E-state index in [0.29, 0.717) is 13.1 Å². The van der Waals surface area contributed by atoms with E-state index in [1.807, 2.05) is 29.8 Å². The summed E-state index contributed by atoms with van der Waals surface area (Å²) in [6.45, 7) is 2.78. The molecule has 1 rings (SSSR count). The normalized spacial score (nSPS) is 10.8. The Morgan fingerprint density at radius 2 is 2.38 bits per heavy atom. The summed E-state index contributed by atoms with van der Waals surface area (Å²) in [6, 6.07) is 0. The highest BCUT2D eigenvalue weighted by molar-refractivity contribution is 5.77. The molecular formula is C9H15N3O. The van der Waals surface area contributed by atoms with Gasteiger partial charge in [-0.3, -0.25) is 9.69 Å². The molecule has 0 aromatic carbocycles. The molecule has 0 saturated carbocycles. The van der Waals surface area contributed by atoms with Gasteiger partial charge in [0, 0.05) is 19.4 Å². The maximum atomic E-state index is 10.8. The minimum Gasteiger partial charge on any atom is -0.337 e. The summed E-state index contributed by atoms with van der Waals surface area (Å²) in [5.41, 5.74) is 0. The first-order valence-corrected chi connectivity index (χ1v) is 4.24. The molecule has 0 aliphatic carbocycles. The minimum atomic E-state index is 0.178. The van der Waals surface area contributed by atoms with E-state index in [0.717, 1.165) is 5.82 Å². The molecule has 0 aliphatic heterocycles. The second-order valence-electron chi connectivity index (χ2n) is 3.33. The smallest absolute Gasteiger partial charge is 0.143 e. The zero-order valence-electron chi connectivity index (χ0n) is 8.32. The van der Waals surface area contributed by atoms with Crippen LogP contribution < -0.4 is 0 Å². The molecular weight excluding hydrogens is 166 g/mol. The first kappa shape index (κ1) is 9.92. The Morgan fingerprint density at radius 1 is 1.69 bits per heavy atom. The number of aromatic nitrogens is 2. The largest absolute Gasteiger partial charge is 0.337 e. The van der Waals surface area contributed by atoms with Crippen molar-refractivity contribution in [3.63, 3.8) is 0 Å². The highest BCUT2D eigenvalue weighted by Crippen LogP contribution is 1.98. The number of hydrogen-bond acceptors (Lipinski definition) is 3. The standard InChI is InChI=1S/C9H15N3O/c1-8(13)6-11(2)7-9-10-4-5-12(9)3/h4-5H,6-7H2,1-3H3. The van der Waals surface area contributed by atoms with Crippen molar-refractivity contribution in [3.8, 4) is 0 Å². The van der Waals surface area contributed by atoms with Crippen molar-refractivity contribution in [2.45, 2.75) is 13.5 Å². The molecule has 0 spiro atoms. The van der Waals surface area contributed by atoms with Gasteiger partial charge in [0.05, 0.1) is 13.1 Å². The van der Waals surface area contributed by atoms with Crippen LogP contribution in [0, 0.1) is 0 Å². The van der Waals surface area contributed by atoms with Gasteiger partial charge in [-0.15, -0.1) is 0 Å². The van der Waals surface area contributed by atoms with Crippen molar-refractivity contribution in [2.24, 2.45) is 7.05 Å². The molecule has 0 aliphatic rings. The molecule has 0 fully saturated rings. The highest BCUT2D eigenvalue weighted by atomic mass is 16.1. The summed E-state index contributed by atoms with van der Waals surface area (Å²) in [7, 11) is 3.86. The molecule has 13 heavy (non-hydrogen) atoms. The van der Waals surface area contributed by atoms with E-state index in [4.69, 9.17) is 0 Å². The van der Waals surface area contributed by atoms with Gasteiger partial charge < -0.3 is 4.57 Å². The summed E-state index contributed by atoms with van der Waals surface area (Å²) in [4.78, 5) is 16.9. The summed E-state index contributed by atoms with van der Waals surface area (Å²) < 4.78 is 1.95. The lowest BCUT2D eigenvalue weighted by Crippen LogP contribution is -2.25. The van der Waals surface area contributed by atoms with Crippen molar-refractivity contribution < 1.29 is 4.79 Å². The molecule has 0 unspecified atom stereocenters. The third-order valence-electron chi connectivity index (χ3n) is 1.82. The second kappa shape index (κ2) is 4.18. The average Bonchev–Trinajstić information content (AvgIpc) is 2.34. The van der Waals surface area contributed by atoms with E-state index >= 15 is 0 Å². The van der Waals surface area contributed by atoms with Gasteiger partial charge in [-0.1, -0.05) is 0 Å². The summed E-state index contributed by atoms with van der Waals surface area (Å²) in [5.74, 6) is 1.15. The number of nitrogens with zero attached hydrogens (tertiary/aromatic N) is 3. The number of rotatable bonds is 4. The van der Waals surface area contributed by atoms with Gasteiger partial charge in [0.2, 0.25) is 0 Å². The van der Waals surface area contributed by atoms with E-state index in [1.54, 1.807) is 13.1 Å². The van der Waals surface area contributed by atoms with Crippen LogP contribution >= 0.6 is 0 Å². The first-order chi connectivity index (χ1) is 6.09. The second-order valence-corrected chi connectivity index (χ2v) is 3.33. The number of carbonyl (C=O) groups excluding carboxylic acids is 1. The number of likely N-dealkylation sites (N-methyl/N-ethyl adjacent to an activating group) is 1. The van der Waals surface area contributed by atoms with Gasteiger partial charge in [0.1, 0.15) is 11.6 Å². The number of Topliss-reactive ketones (excluding diaryl/α,β-unsaturated/α-hetero) is 1. The Bertz CT molecular complexity index is 293. The monoisotopic (exact) mass is 181 g/mol. The quantitative estimate of drug-likeness (QED) is 0.676. The first-order valence-electron chi connectivity index (χ1n) is 4.24. The van der Waals surface area contributed by atoms with Crippen molar-refractivity contribution in [3.05, 3.63) is 18.2 Å². The van der Waals surface area contributed by atoms with Crippen molar-refractivity contribution >= 4 is 5.78 Å².